The lowest BCUT2D eigenvalue weighted by molar-refractivity contribution is 0.303. The molecule has 5 heteroatoms. The monoisotopic (exact) mass is 294 g/mol. The van der Waals surface area contributed by atoms with Gasteiger partial charge in [0.05, 0.1) is 6.61 Å². The molecular weight excluding hydrogens is 264 g/mol. The minimum absolute atomic E-state index is 0.0344. The van der Waals surface area contributed by atoms with Crippen molar-refractivity contribution in [2.45, 2.75) is 47.5 Å². The topological polar surface area (TPSA) is 64.3 Å². The van der Waals surface area contributed by atoms with Crippen molar-refractivity contribution in [3.05, 3.63) is 11.8 Å². The number of rotatable bonds is 9. The van der Waals surface area contributed by atoms with Crippen LogP contribution in [-0.2, 0) is 0 Å². The van der Waals surface area contributed by atoms with Crippen molar-refractivity contribution >= 4 is 5.95 Å². The number of hydrogen-bond donors (Lipinski definition) is 1. The Morgan fingerprint density at radius 3 is 2.52 bits per heavy atom. The highest BCUT2D eigenvalue weighted by molar-refractivity contribution is 5.34. The van der Waals surface area contributed by atoms with Gasteiger partial charge in [-0.15, -0.1) is 0 Å². The summed E-state index contributed by atoms with van der Waals surface area (Å²) in [5.74, 6) is 1.40. The highest BCUT2D eigenvalue weighted by Gasteiger charge is 2.22. The molecule has 0 fully saturated rings. The summed E-state index contributed by atoms with van der Waals surface area (Å²) in [5.41, 5.74) is 6.83. The van der Waals surface area contributed by atoms with Crippen LogP contribution in [0, 0.1) is 12.3 Å². The maximum atomic E-state index is 5.86. The van der Waals surface area contributed by atoms with Crippen LogP contribution in [0.2, 0.25) is 0 Å². The highest BCUT2D eigenvalue weighted by Crippen LogP contribution is 2.21. The van der Waals surface area contributed by atoms with Crippen molar-refractivity contribution in [2.24, 2.45) is 11.1 Å². The molecule has 0 aliphatic heterocycles. The molecule has 0 atom stereocenters. The number of nitrogens with two attached hydrogens (primary N) is 1. The Bertz CT molecular complexity index is 434. The third kappa shape index (κ3) is 5.87. The summed E-state index contributed by atoms with van der Waals surface area (Å²) in [6.45, 7) is 13.6. The lowest BCUT2D eigenvalue weighted by Crippen LogP contribution is -2.40. The van der Waals surface area contributed by atoms with E-state index < -0.39 is 0 Å². The van der Waals surface area contributed by atoms with Crippen molar-refractivity contribution in [1.82, 2.24) is 9.97 Å². The van der Waals surface area contributed by atoms with Gasteiger partial charge in [-0.25, -0.2) is 4.98 Å². The van der Waals surface area contributed by atoms with Crippen molar-refractivity contribution in [3.8, 4) is 5.88 Å². The number of anilines is 1. The summed E-state index contributed by atoms with van der Waals surface area (Å²) in [4.78, 5) is 11.3. The van der Waals surface area contributed by atoms with Crippen LogP contribution in [0.5, 0.6) is 5.88 Å². The molecule has 0 radical (unpaired) electrons. The van der Waals surface area contributed by atoms with Crippen LogP contribution in [0.15, 0.2) is 6.07 Å². The van der Waals surface area contributed by atoms with Gasteiger partial charge in [-0.2, -0.15) is 4.98 Å². The smallest absolute Gasteiger partial charge is 0.228 e. The predicted octanol–water partition coefficient (Wildman–Crippen LogP) is 2.78. The normalized spacial score (nSPS) is 11.5. The van der Waals surface area contributed by atoms with Crippen LogP contribution >= 0.6 is 0 Å². The summed E-state index contributed by atoms with van der Waals surface area (Å²) >= 11 is 0. The van der Waals surface area contributed by atoms with E-state index in [0.29, 0.717) is 19.0 Å². The van der Waals surface area contributed by atoms with Crippen LogP contribution in [0.25, 0.3) is 0 Å². The second-order valence-electron chi connectivity index (χ2n) is 6.29. The van der Waals surface area contributed by atoms with Gasteiger partial charge in [-0.05, 0) is 31.7 Å². The van der Waals surface area contributed by atoms with Gasteiger partial charge >= 0.3 is 0 Å². The fraction of sp³-hybridized carbons (Fsp3) is 0.750. The van der Waals surface area contributed by atoms with Gasteiger partial charge in [-0.3, -0.25) is 0 Å². The molecule has 0 saturated carbocycles. The molecule has 0 aliphatic carbocycles. The van der Waals surface area contributed by atoms with Gasteiger partial charge in [0.15, 0.2) is 0 Å². The van der Waals surface area contributed by atoms with Crippen LogP contribution in [0.4, 0.5) is 5.95 Å². The first-order valence-electron chi connectivity index (χ1n) is 7.85. The highest BCUT2D eigenvalue weighted by atomic mass is 16.5. The summed E-state index contributed by atoms with van der Waals surface area (Å²) in [6, 6.07) is 1.89. The lowest BCUT2D eigenvalue weighted by Gasteiger charge is -2.32. The Balaban J connectivity index is 2.98. The Kier molecular flexibility index (Phi) is 6.89. The van der Waals surface area contributed by atoms with E-state index in [9.17, 15) is 0 Å². The molecule has 0 aromatic carbocycles. The van der Waals surface area contributed by atoms with E-state index in [-0.39, 0.29) is 5.41 Å². The minimum atomic E-state index is 0.0344. The van der Waals surface area contributed by atoms with E-state index in [1.165, 1.54) is 0 Å². The molecule has 0 saturated heterocycles. The molecule has 0 unspecified atom stereocenters. The average molecular weight is 294 g/mol. The second-order valence-corrected chi connectivity index (χ2v) is 6.29. The Morgan fingerprint density at radius 1 is 1.24 bits per heavy atom. The third-order valence-corrected chi connectivity index (χ3v) is 3.22. The van der Waals surface area contributed by atoms with E-state index in [1.54, 1.807) is 0 Å². The Hall–Kier alpha value is -1.36. The SMILES string of the molecule is CCCOc1cc(C)nc(N(CCC)CC(C)(C)CN)n1. The predicted molar refractivity (Wildman–Crippen MR) is 87.9 cm³/mol. The van der Waals surface area contributed by atoms with E-state index in [1.807, 2.05) is 13.0 Å². The minimum Gasteiger partial charge on any atom is -0.478 e. The summed E-state index contributed by atoms with van der Waals surface area (Å²) in [7, 11) is 0. The van der Waals surface area contributed by atoms with E-state index >= 15 is 0 Å². The molecule has 1 rings (SSSR count). The van der Waals surface area contributed by atoms with Gasteiger partial charge in [-0.1, -0.05) is 27.7 Å². The quantitative estimate of drug-likeness (QED) is 0.758. The fourth-order valence-corrected chi connectivity index (χ4v) is 2.05. The molecule has 1 heterocycles. The van der Waals surface area contributed by atoms with E-state index in [2.05, 4.69) is 42.6 Å². The van der Waals surface area contributed by atoms with Crippen LogP contribution < -0.4 is 15.4 Å². The van der Waals surface area contributed by atoms with Crippen molar-refractivity contribution in [2.75, 3.05) is 31.1 Å². The maximum absolute atomic E-state index is 5.86. The van der Waals surface area contributed by atoms with Crippen molar-refractivity contribution in [1.29, 1.82) is 0 Å². The zero-order chi connectivity index (χ0) is 15.9. The van der Waals surface area contributed by atoms with Crippen molar-refractivity contribution in [3.63, 3.8) is 0 Å². The van der Waals surface area contributed by atoms with Crippen LogP contribution in [0.3, 0.4) is 0 Å². The molecule has 1 aromatic rings. The van der Waals surface area contributed by atoms with Gasteiger partial charge in [0.1, 0.15) is 0 Å². The van der Waals surface area contributed by atoms with Crippen LogP contribution in [-0.4, -0.2) is 36.2 Å². The number of nitrogens with zero attached hydrogens (tertiary/aromatic N) is 3. The second kappa shape index (κ2) is 8.17. The first-order valence-corrected chi connectivity index (χ1v) is 7.85. The molecule has 0 amide bonds. The zero-order valence-electron chi connectivity index (χ0n) is 14.1. The molecule has 0 bridgehead atoms. The molecule has 21 heavy (non-hydrogen) atoms. The molecule has 0 spiro atoms. The third-order valence-electron chi connectivity index (χ3n) is 3.22. The summed E-state index contributed by atoms with van der Waals surface area (Å²) in [5, 5.41) is 0. The number of aryl methyl sites for hydroxylation is 1. The fourth-order valence-electron chi connectivity index (χ4n) is 2.05. The molecule has 2 N–H and O–H groups in total. The van der Waals surface area contributed by atoms with Gasteiger partial charge in [0.25, 0.3) is 0 Å². The Labute approximate surface area is 128 Å². The Morgan fingerprint density at radius 2 is 1.95 bits per heavy atom. The molecule has 1 aromatic heterocycles. The standard InChI is InChI=1S/C16H30N4O/c1-6-8-20(12-16(4,5)11-17)15-18-13(3)10-14(19-15)21-9-7-2/h10H,6-9,11-12,17H2,1-5H3. The number of hydrogen-bond acceptors (Lipinski definition) is 5. The molecular formula is C16H30N4O. The van der Waals surface area contributed by atoms with Gasteiger partial charge in [0, 0.05) is 24.8 Å². The molecule has 120 valence electrons. The summed E-state index contributed by atoms with van der Waals surface area (Å²) < 4.78 is 5.66. The largest absolute Gasteiger partial charge is 0.478 e. The van der Waals surface area contributed by atoms with E-state index in [0.717, 1.165) is 37.6 Å². The lowest BCUT2D eigenvalue weighted by atomic mass is 9.93. The average Bonchev–Trinajstić information content (AvgIpc) is 2.44. The molecule has 5 nitrogen and oxygen atoms in total. The zero-order valence-corrected chi connectivity index (χ0v) is 14.1. The first-order chi connectivity index (χ1) is 9.91. The van der Waals surface area contributed by atoms with Crippen LogP contribution in [0.1, 0.15) is 46.2 Å². The number of ether oxygens (including phenoxy) is 1. The maximum Gasteiger partial charge on any atom is 0.228 e. The first kappa shape index (κ1) is 17.7. The number of aromatic nitrogens is 2. The van der Waals surface area contributed by atoms with Gasteiger partial charge in [0.2, 0.25) is 11.8 Å². The van der Waals surface area contributed by atoms with E-state index in [4.69, 9.17) is 10.5 Å². The molecule has 0 aliphatic rings. The van der Waals surface area contributed by atoms with Gasteiger partial charge < -0.3 is 15.4 Å². The van der Waals surface area contributed by atoms with Crippen molar-refractivity contribution < 1.29 is 4.74 Å². The summed E-state index contributed by atoms with van der Waals surface area (Å²) in [6.07, 6.45) is 2.01.